The quantitative estimate of drug-likeness (QED) is 0.830. The van der Waals surface area contributed by atoms with E-state index in [0.29, 0.717) is 22.6 Å². The topological polar surface area (TPSA) is 69.7 Å². The Morgan fingerprint density at radius 2 is 2.00 bits per heavy atom. The van der Waals surface area contributed by atoms with Gasteiger partial charge in [0.05, 0.1) is 11.1 Å². The van der Waals surface area contributed by atoms with Crippen LogP contribution in [-0.2, 0) is 0 Å². The van der Waals surface area contributed by atoms with Gasteiger partial charge in [-0.05, 0) is 44.1 Å². The molecule has 0 radical (unpaired) electrons. The van der Waals surface area contributed by atoms with Crippen LogP contribution in [0.15, 0.2) is 18.2 Å². The smallest absolute Gasteiger partial charge is 0.261 e. The van der Waals surface area contributed by atoms with Crippen LogP contribution in [0.1, 0.15) is 37.5 Å². The molecule has 1 saturated heterocycles. The summed E-state index contributed by atoms with van der Waals surface area (Å²) in [4.78, 5) is 39.3. The van der Waals surface area contributed by atoms with E-state index in [1.54, 1.807) is 18.2 Å². The molecular weight excluding hydrogens is 282 g/mol. The van der Waals surface area contributed by atoms with Gasteiger partial charge in [0.15, 0.2) is 0 Å². The highest BCUT2D eigenvalue weighted by Crippen LogP contribution is 2.24. The van der Waals surface area contributed by atoms with Crippen LogP contribution < -0.4 is 5.32 Å². The summed E-state index contributed by atoms with van der Waals surface area (Å²) in [6, 6.07) is 4.76. The molecule has 1 aromatic rings. The summed E-state index contributed by atoms with van der Waals surface area (Å²) in [5.74, 6) is -0.257. The van der Waals surface area contributed by atoms with Crippen molar-refractivity contribution in [1.29, 1.82) is 0 Å². The number of likely N-dealkylation sites (tertiary alicyclic amines) is 1. The molecule has 0 aliphatic carbocycles. The molecule has 0 spiro atoms. The summed E-state index contributed by atoms with van der Waals surface area (Å²) in [6.45, 7) is 2.35. The molecule has 1 aromatic carbocycles. The normalized spacial score (nSPS) is 20.7. The van der Waals surface area contributed by atoms with E-state index in [0.717, 1.165) is 31.0 Å². The lowest BCUT2D eigenvalue weighted by Crippen LogP contribution is -2.30. The summed E-state index contributed by atoms with van der Waals surface area (Å²) >= 11 is 0. The zero-order valence-electron chi connectivity index (χ0n) is 12.8. The van der Waals surface area contributed by atoms with Gasteiger partial charge in [-0.3, -0.25) is 19.3 Å². The van der Waals surface area contributed by atoms with Gasteiger partial charge in [-0.15, -0.1) is 0 Å². The first kappa shape index (κ1) is 14.7. The van der Waals surface area contributed by atoms with Crippen LogP contribution in [0.25, 0.3) is 0 Å². The molecule has 2 heterocycles. The van der Waals surface area contributed by atoms with Crippen molar-refractivity contribution in [1.82, 2.24) is 15.1 Å². The maximum absolute atomic E-state index is 12.6. The molecule has 6 nitrogen and oxygen atoms in total. The minimum atomic E-state index is -0.343. The zero-order chi connectivity index (χ0) is 15.9. The van der Waals surface area contributed by atoms with E-state index in [1.807, 2.05) is 11.9 Å². The number of nitrogens with one attached hydrogen (secondary N) is 1. The Labute approximate surface area is 129 Å². The lowest BCUT2D eigenvalue weighted by atomic mass is 10.0. The fourth-order valence-electron chi connectivity index (χ4n) is 3.15. The molecule has 0 aromatic heterocycles. The summed E-state index contributed by atoms with van der Waals surface area (Å²) in [7, 11) is 3.36. The second-order valence-electron chi connectivity index (χ2n) is 5.89. The van der Waals surface area contributed by atoms with Crippen LogP contribution in [0.5, 0.6) is 0 Å². The molecule has 3 amide bonds. The molecule has 1 fully saturated rings. The third kappa shape index (κ3) is 2.29. The number of fused-ring (bicyclic) bond motifs is 1. The van der Waals surface area contributed by atoms with Gasteiger partial charge < -0.3 is 10.2 Å². The van der Waals surface area contributed by atoms with E-state index in [4.69, 9.17) is 0 Å². The molecule has 2 aliphatic heterocycles. The maximum Gasteiger partial charge on any atom is 0.261 e. The first-order valence-electron chi connectivity index (χ1n) is 7.43. The van der Waals surface area contributed by atoms with Gasteiger partial charge in [0, 0.05) is 25.7 Å². The Kier molecular flexibility index (Phi) is 3.70. The van der Waals surface area contributed by atoms with Gasteiger partial charge in [0.1, 0.15) is 0 Å². The Hall–Kier alpha value is -2.21. The van der Waals surface area contributed by atoms with Crippen LogP contribution in [0.4, 0.5) is 0 Å². The average Bonchev–Trinajstić information content (AvgIpc) is 3.07. The van der Waals surface area contributed by atoms with Crippen molar-refractivity contribution in [2.24, 2.45) is 5.92 Å². The molecule has 0 saturated carbocycles. The molecule has 1 N–H and O–H groups in total. The van der Waals surface area contributed by atoms with Crippen molar-refractivity contribution in [2.45, 2.75) is 6.42 Å². The first-order chi connectivity index (χ1) is 10.5. The highest BCUT2D eigenvalue weighted by molar-refractivity contribution is 6.21. The number of rotatable bonds is 3. The molecule has 0 bridgehead atoms. The number of amides is 3. The number of hydrogen-bond donors (Lipinski definition) is 1. The maximum atomic E-state index is 12.6. The van der Waals surface area contributed by atoms with Crippen LogP contribution in [0.3, 0.4) is 0 Å². The number of nitrogens with zero attached hydrogens (tertiary/aromatic N) is 2. The Morgan fingerprint density at radius 3 is 2.73 bits per heavy atom. The largest absolute Gasteiger partial charge is 0.338 e. The zero-order valence-corrected chi connectivity index (χ0v) is 12.8. The first-order valence-corrected chi connectivity index (χ1v) is 7.43. The summed E-state index contributed by atoms with van der Waals surface area (Å²) in [6.07, 6.45) is 0.984. The van der Waals surface area contributed by atoms with E-state index >= 15 is 0 Å². The second-order valence-corrected chi connectivity index (χ2v) is 5.89. The Bertz CT molecular complexity index is 656. The van der Waals surface area contributed by atoms with Gasteiger partial charge in [0.25, 0.3) is 17.7 Å². The number of carbonyl (C=O) groups is 3. The minimum Gasteiger partial charge on any atom is -0.338 e. The van der Waals surface area contributed by atoms with Gasteiger partial charge in [-0.2, -0.15) is 0 Å². The molecule has 116 valence electrons. The molecular formula is C16H19N3O3. The third-order valence-corrected chi connectivity index (χ3v) is 4.40. The van der Waals surface area contributed by atoms with Gasteiger partial charge in [-0.25, -0.2) is 0 Å². The molecule has 1 unspecified atom stereocenters. The third-order valence-electron chi connectivity index (χ3n) is 4.40. The van der Waals surface area contributed by atoms with E-state index in [9.17, 15) is 14.4 Å². The Morgan fingerprint density at radius 1 is 1.27 bits per heavy atom. The summed E-state index contributed by atoms with van der Waals surface area (Å²) in [5.41, 5.74) is 1.17. The van der Waals surface area contributed by atoms with Crippen molar-refractivity contribution >= 4 is 17.7 Å². The molecule has 1 atom stereocenters. The summed E-state index contributed by atoms with van der Waals surface area (Å²) in [5, 5.41) is 3.13. The average molecular weight is 301 g/mol. The van der Waals surface area contributed by atoms with Crippen molar-refractivity contribution in [3.8, 4) is 0 Å². The van der Waals surface area contributed by atoms with Crippen molar-refractivity contribution in [3.05, 3.63) is 34.9 Å². The fraction of sp³-hybridized carbons (Fsp3) is 0.438. The lowest BCUT2D eigenvalue weighted by Gasteiger charge is -2.17. The van der Waals surface area contributed by atoms with Crippen molar-refractivity contribution in [3.63, 3.8) is 0 Å². The second kappa shape index (κ2) is 5.53. The molecule has 6 heteroatoms. The summed E-state index contributed by atoms with van der Waals surface area (Å²) < 4.78 is 0. The van der Waals surface area contributed by atoms with E-state index in [1.165, 1.54) is 7.05 Å². The van der Waals surface area contributed by atoms with E-state index in [2.05, 4.69) is 5.32 Å². The van der Waals surface area contributed by atoms with Crippen LogP contribution in [0, 0.1) is 5.92 Å². The number of benzene rings is 1. The SMILES string of the molecule is CNCC1CCN(C(=O)c2ccc3c(c2)C(=O)N(C)C3=O)C1. The minimum absolute atomic E-state index is 0.0730. The van der Waals surface area contributed by atoms with E-state index in [-0.39, 0.29) is 17.7 Å². The molecule has 2 aliphatic rings. The predicted molar refractivity (Wildman–Crippen MR) is 80.8 cm³/mol. The van der Waals surface area contributed by atoms with Gasteiger partial charge in [-0.1, -0.05) is 0 Å². The van der Waals surface area contributed by atoms with Crippen LogP contribution in [0.2, 0.25) is 0 Å². The number of imide groups is 1. The number of hydrogen-bond acceptors (Lipinski definition) is 4. The van der Waals surface area contributed by atoms with E-state index < -0.39 is 0 Å². The highest BCUT2D eigenvalue weighted by Gasteiger charge is 2.34. The lowest BCUT2D eigenvalue weighted by molar-refractivity contribution is 0.0692. The highest BCUT2D eigenvalue weighted by atomic mass is 16.2. The van der Waals surface area contributed by atoms with Gasteiger partial charge in [0.2, 0.25) is 0 Å². The fourth-order valence-corrected chi connectivity index (χ4v) is 3.15. The molecule has 22 heavy (non-hydrogen) atoms. The van der Waals surface area contributed by atoms with Crippen molar-refractivity contribution in [2.75, 3.05) is 33.7 Å². The Balaban J connectivity index is 1.81. The standard InChI is InChI=1S/C16H19N3O3/c1-17-8-10-5-6-19(9-10)14(20)11-3-4-12-13(7-11)16(22)18(2)15(12)21/h3-4,7,10,17H,5-6,8-9H2,1-2H3. The predicted octanol–water partition coefficient (Wildman–Crippen LogP) is 0.594. The van der Waals surface area contributed by atoms with Crippen LogP contribution >= 0.6 is 0 Å². The van der Waals surface area contributed by atoms with Crippen molar-refractivity contribution < 1.29 is 14.4 Å². The van der Waals surface area contributed by atoms with Crippen LogP contribution in [-0.4, -0.2) is 61.3 Å². The van der Waals surface area contributed by atoms with Gasteiger partial charge >= 0.3 is 0 Å². The monoisotopic (exact) mass is 301 g/mol. The number of carbonyl (C=O) groups excluding carboxylic acids is 3. The molecule has 3 rings (SSSR count).